The van der Waals surface area contributed by atoms with E-state index >= 15 is 0 Å². The zero-order valence-electron chi connectivity index (χ0n) is 6.39. The van der Waals surface area contributed by atoms with Gasteiger partial charge in [-0.05, 0) is 16.8 Å². The molecule has 0 bridgehead atoms. The van der Waals surface area contributed by atoms with Gasteiger partial charge in [0.05, 0.1) is 7.11 Å². The number of alkyl halides is 1. The smallest absolute Gasteiger partial charge is 0.305 e. The van der Waals surface area contributed by atoms with E-state index in [4.69, 9.17) is 0 Å². The first-order valence-corrected chi connectivity index (χ1v) is 4.86. The van der Waals surface area contributed by atoms with E-state index in [1.165, 1.54) is 7.11 Å². The van der Waals surface area contributed by atoms with E-state index in [1.54, 1.807) is 0 Å². The molecule has 10 heavy (non-hydrogen) atoms. The van der Waals surface area contributed by atoms with Crippen LogP contribution in [0.5, 0.6) is 0 Å². The third-order valence-corrected chi connectivity index (χ3v) is 1.97. The summed E-state index contributed by atoms with van der Waals surface area (Å²) in [6.45, 7) is 2.07. The lowest BCUT2D eigenvalue weighted by atomic mass is 10.1. The fourth-order valence-corrected chi connectivity index (χ4v) is 1.72. The maximum atomic E-state index is 10.7. The van der Waals surface area contributed by atoms with E-state index in [2.05, 4.69) is 34.3 Å². The minimum absolute atomic E-state index is 0.0997. The maximum absolute atomic E-state index is 10.7. The highest BCUT2D eigenvalue weighted by molar-refractivity contribution is 14.1. The summed E-state index contributed by atoms with van der Waals surface area (Å²) in [4.78, 5) is 10.7. The normalized spacial score (nSPS) is 12.7. The lowest BCUT2D eigenvalue weighted by Gasteiger charge is -2.05. The Morgan fingerprint density at radius 2 is 2.30 bits per heavy atom. The second kappa shape index (κ2) is 5.95. The molecule has 0 aliphatic heterocycles. The first-order chi connectivity index (χ1) is 4.70. The van der Waals surface area contributed by atoms with Gasteiger partial charge >= 0.3 is 5.97 Å². The van der Waals surface area contributed by atoms with Crippen molar-refractivity contribution in [2.24, 2.45) is 5.92 Å². The van der Waals surface area contributed by atoms with Crippen LogP contribution in [0.4, 0.5) is 0 Å². The average molecular weight is 256 g/mol. The van der Waals surface area contributed by atoms with Gasteiger partial charge in [-0.2, -0.15) is 0 Å². The van der Waals surface area contributed by atoms with Gasteiger partial charge in [0.2, 0.25) is 0 Å². The summed E-state index contributed by atoms with van der Waals surface area (Å²) in [5, 5.41) is 0. The van der Waals surface area contributed by atoms with Crippen LogP contribution in [0, 0.1) is 5.92 Å². The molecule has 0 aliphatic carbocycles. The number of esters is 1. The average Bonchev–Trinajstić information content (AvgIpc) is 1.88. The van der Waals surface area contributed by atoms with E-state index in [0.717, 1.165) is 10.8 Å². The Bertz CT molecular complexity index is 104. The molecule has 3 heteroatoms. The zero-order chi connectivity index (χ0) is 7.98. The molecule has 0 radical (unpaired) electrons. The van der Waals surface area contributed by atoms with Crippen LogP contribution in [0.1, 0.15) is 19.8 Å². The van der Waals surface area contributed by atoms with Crippen LogP contribution < -0.4 is 0 Å². The van der Waals surface area contributed by atoms with Crippen molar-refractivity contribution in [3.05, 3.63) is 0 Å². The van der Waals surface area contributed by atoms with E-state index < -0.39 is 0 Å². The Labute approximate surface area is 75.5 Å². The Morgan fingerprint density at radius 1 is 1.70 bits per heavy atom. The van der Waals surface area contributed by atoms with Crippen LogP contribution in [0.25, 0.3) is 0 Å². The Morgan fingerprint density at radius 3 is 2.70 bits per heavy atom. The van der Waals surface area contributed by atoms with Crippen LogP contribution in [-0.4, -0.2) is 17.5 Å². The molecule has 0 rings (SSSR count). The number of halogens is 1. The summed E-state index contributed by atoms with van der Waals surface area (Å²) >= 11 is 2.31. The molecule has 1 atom stereocenters. The van der Waals surface area contributed by atoms with Crippen molar-refractivity contribution in [3.63, 3.8) is 0 Å². The second-order valence-electron chi connectivity index (χ2n) is 2.36. The van der Waals surface area contributed by atoms with Crippen LogP contribution >= 0.6 is 22.6 Å². The predicted octanol–water partition coefficient (Wildman–Crippen LogP) is 2.01. The van der Waals surface area contributed by atoms with E-state index in [0.29, 0.717) is 12.3 Å². The predicted molar refractivity (Wildman–Crippen MR) is 49.3 cm³/mol. The molecule has 2 nitrogen and oxygen atoms in total. The lowest BCUT2D eigenvalue weighted by Crippen LogP contribution is -2.07. The number of rotatable bonds is 4. The van der Waals surface area contributed by atoms with Crippen LogP contribution in [-0.2, 0) is 9.53 Å². The summed E-state index contributed by atoms with van der Waals surface area (Å²) in [6, 6.07) is 0. The molecular weight excluding hydrogens is 243 g/mol. The molecule has 0 amide bonds. The minimum Gasteiger partial charge on any atom is -0.469 e. The Kier molecular flexibility index (Phi) is 6.06. The van der Waals surface area contributed by atoms with Gasteiger partial charge in [-0.1, -0.05) is 29.5 Å². The van der Waals surface area contributed by atoms with Crippen LogP contribution in [0.2, 0.25) is 0 Å². The van der Waals surface area contributed by atoms with Crippen molar-refractivity contribution >= 4 is 28.6 Å². The van der Waals surface area contributed by atoms with Crippen molar-refractivity contribution in [2.75, 3.05) is 11.5 Å². The lowest BCUT2D eigenvalue weighted by molar-refractivity contribution is -0.141. The molecule has 0 aromatic carbocycles. The third-order valence-electron chi connectivity index (χ3n) is 1.34. The maximum Gasteiger partial charge on any atom is 0.305 e. The first kappa shape index (κ1) is 10.2. The van der Waals surface area contributed by atoms with Gasteiger partial charge in [-0.25, -0.2) is 0 Å². The Balaban J connectivity index is 3.37. The van der Waals surface area contributed by atoms with Gasteiger partial charge in [-0.3, -0.25) is 4.79 Å². The summed E-state index contributed by atoms with van der Waals surface area (Å²) in [7, 11) is 1.43. The molecule has 60 valence electrons. The van der Waals surface area contributed by atoms with Crippen LogP contribution in [0.15, 0.2) is 0 Å². The van der Waals surface area contributed by atoms with Gasteiger partial charge in [0.25, 0.3) is 0 Å². The quantitative estimate of drug-likeness (QED) is 0.437. The summed E-state index contributed by atoms with van der Waals surface area (Å²) in [6.07, 6.45) is 1.65. The number of ether oxygens (including phenoxy) is 1. The fraction of sp³-hybridized carbons (Fsp3) is 0.857. The molecule has 0 aliphatic rings. The minimum atomic E-state index is -0.0997. The number of carbonyl (C=O) groups excluding carboxylic acids is 1. The number of methoxy groups -OCH3 is 1. The largest absolute Gasteiger partial charge is 0.469 e. The SMILES string of the molecule is COC(=O)CC(C)CCI. The molecule has 0 fully saturated rings. The number of hydrogen-bond acceptors (Lipinski definition) is 2. The standard InChI is InChI=1S/C7H13IO2/c1-6(3-4-8)5-7(9)10-2/h6H,3-5H2,1-2H3. The van der Waals surface area contributed by atoms with Gasteiger partial charge < -0.3 is 4.74 Å². The molecular formula is C7H13IO2. The van der Waals surface area contributed by atoms with Gasteiger partial charge in [-0.15, -0.1) is 0 Å². The fourth-order valence-electron chi connectivity index (χ4n) is 0.656. The van der Waals surface area contributed by atoms with Crippen LogP contribution in [0.3, 0.4) is 0 Å². The van der Waals surface area contributed by atoms with E-state index in [9.17, 15) is 4.79 Å². The highest BCUT2D eigenvalue weighted by Crippen LogP contribution is 2.09. The van der Waals surface area contributed by atoms with E-state index in [1.807, 2.05) is 0 Å². The highest BCUT2D eigenvalue weighted by atomic mass is 127. The second-order valence-corrected chi connectivity index (χ2v) is 3.44. The first-order valence-electron chi connectivity index (χ1n) is 3.33. The summed E-state index contributed by atoms with van der Waals surface area (Å²) < 4.78 is 5.63. The molecule has 0 N–H and O–H groups in total. The number of hydrogen-bond donors (Lipinski definition) is 0. The van der Waals surface area contributed by atoms with Gasteiger partial charge in [0, 0.05) is 6.42 Å². The monoisotopic (exact) mass is 256 g/mol. The van der Waals surface area contributed by atoms with E-state index in [-0.39, 0.29) is 5.97 Å². The molecule has 1 unspecified atom stereocenters. The molecule has 0 aromatic heterocycles. The van der Waals surface area contributed by atoms with Crippen molar-refractivity contribution in [2.45, 2.75) is 19.8 Å². The van der Waals surface area contributed by atoms with Crippen molar-refractivity contribution in [3.8, 4) is 0 Å². The molecule has 0 spiro atoms. The van der Waals surface area contributed by atoms with Gasteiger partial charge in [0.1, 0.15) is 0 Å². The Hall–Kier alpha value is 0.200. The topological polar surface area (TPSA) is 26.3 Å². The third kappa shape index (κ3) is 5.02. The summed E-state index contributed by atoms with van der Waals surface area (Å²) in [5.74, 6) is 0.363. The molecule has 0 saturated heterocycles. The highest BCUT2D eigenvalue weighted by Gasteiger charge is 2.07. The number of carbonyl (C=O) groups is 1. The molecule has 0 heterocycles. The van der Waals surface area contributed by atoms with Crippen molar-refractivity contribution < 1.29 is 9.53 Å². The zero-order valence-corrected chi connectivity index (χ0v) is 8.55. The van der Waals surface area contributed by atoms with Gasteiger partial charge in [0.15, 0.2) is 0 Å². The van der Waals surface area contributed by atoms with Crippen molar-refractivity contribution in [1.82, 2.24) is 0 Å². The molecule has 0 saturated carbocycles. The molecule has 0 aromatic rings. The van der Waals surface area contributed by atoms with Crippen molar-refractivity contribution in [1.29, 1.82) is 0 Å². The summed E-state index contributed by atoms with van der Waals surface area (Å²) in [5.41, 5.74) is 0.